The fraction of sp³-hybridized carbons (Fsp3) is 0.412. The standard InChI is InChI=1S/C17H18Cl2N2O3/c1-10-4-5-12-13(18)7-14(19)17(16(12)21-10)24-9-15(22)20-8-11-3-2-6-23-11/h4-5,7,11H,2-3,6,8-9H2,1H3,(H,20,22)/t11-/m0/s1. The Morgan fingerprint density at radius 2 is 2.25 bits per heavy atom. The molecule has 1 aliphatic rings. The van der Waals surface area contributed by atoms with Crippen molar-refractivity contribution >= 4 is 40.0 Å². The van der Waals surface area contributed by atoms with Gasteiger partial charge < -0.3 is 14.8 Å². The minimum absolute atomic E-state index is 0.0956. The summed E-state index contributed by atoms with van der Waals surface area (Å²) in [5, 5.41) is 4.37. The summed E-state index contributed by atoms with van der Waals surface area (Å²) in [6.45, 7) is 2.98. The van der Waals surface area contributed by atoms with Gasteiger partial charge in [-0.15, -0.1) is 0 Å². The molecule has 0 aliphatic carbocycles. The van der Waals surface area contributed by atoms with E-state index in [0.717, 1.165) is 30.5 Å². The van der Waals surface area contributed by atoms with Crippen molar-refractivity contribution in [3.63, 3.8) is 0 Å². The molecule has 5 nitrogen and oxygen atoms in total. The Bertz CT molecular complexity index is 761. The lowest BCUT2D eigenvalue weighted by Gasteiger charge is -2.14. The number of carbonyl (C=O) groups is 1. The van der Waals surface area contributed by atoms with Crippen LogP contribution in [0.3, 0.4) is 0 Å². The fourth-order valence-corrected chi connectivity index (χ4v) is 3.22. The molecule has 1 fully saturated rings. The summed E-state index contributed by atoms with van der Waals surface area (Å²) in [5.74, 6) is 0.143. The van der Waals surface area contributed by atoms with Gasteiger partial charge in [0.2, 0.25) is 0 Å². The Balaban J connectivity index is 1.70. The molecule has 0 spiro atoms. The molecule has 2 heterocycles. The number of hydrogen-bond acceptors (Lipinski definition) is 4. The van der Waals surface area contributed by atoms with E-state index < -0.39 is 0 Å². The molecule has 1 saturated heterocycles. The molecule has 24 heavy (non-hydrogen) atoms. The van der Waals surface area contributed by atoms with Crippen LogP contribution in [0.4, 0.5) is 0 Å². The monoisotopic (exact) mass is 368 g/mol. The predicted octanol–water partition coefficient (Wildman–Crippen LogP) is 3.52. The molecule has 0 radical (unpaired) electrons. The summed E-state index contributed by atoms with van der Waals surface area (Å²) >= 11 is 12.4. The molecule has 1 amide bonds. The molecule has 128 valence electrons. The van der Waals surface area contributed by atoms with E-state index in [1.54, 1.807) is 6.07 Å². The van der Waals surface area contributed by atoms with E-state index in [-0.39, 0.29) is 18.6 Å². The van der Waals surface area contributed by atoms with Crippen molar-refractivity contribution in [1.82, 2.24) is 10.3 Å². The number of ether oxygens (including phenoxy) is 2. The number of aromatic nitrogens is 1. The summed E-state index contributed by atoms with van der Waals surface area (Å²) < 4.78 is 11.1. The summed E-state index contributed by atoms with van der Waals surface area (Å²) in [5.41, 5.74) is 1.37. The second kappa shape index (κ2) is 7.55. The van der Waals surface area contributed by atoms with Crippen molar-refractivity contribution in [3.8, 4) is 5.75 Å². The highest BCUT2D eigenvalue weighted by molar-refractivity contribution is 6.39. The number of rotatable bonds is 5. The minimum atomic E-state index is -0.225. The van der Waals surface area contributed by atoms with Crippen LogP contribution >= 0.6 is 23.2 Å². The third kappa shape index (κ3) is 3.91. The number of fused-ring (bicyclic) bond motifs is 1. The van der Waals surface area contributed by atoms with Gasteiger partial charge in [0.1, 0.15) is 5.52 Å². The van der Waals surface area contributed by atoms with Crippen LogP contribution in [0.1, 0.15) is 18.5 Å². The van der Waals surface area contributed by atoms with Crippen LogP contribution in [0, 0.1) is 6.92 Å². The first-order chi connectivity index (χ1) is 11.5. The third-order valence-corrected chi connectivity index (χ3v) is 4.47. The normalized spacial score (nSPS) is 17.2. The Morgan fingerprint density at radius 1 is 1.42 bits per heavy atom. The first-order valence-corrected chi connectivity index (χ1v) is 8.56. The van der Waals surface area contributed by atoms with Crippen molar-refractivity contribution in [2.24, 2.45) is 0 Å². The Hall–Kier alpha value is -1.56. The van der Waals surface area contributed by atoms with Crippen LogP contribution in [0.5, 0.6) is 5.75 Å². The maximum absolute atomic E-state index is 12.0. The van der Waals surface area contributed by atoms with E-state index in [0.29, 0.717) is 27.9 Å². The van der Waals surface area contributed by atoms with Gasteiger partial charge in [-0.1, -0.05) is 23.2 Å². The van der Waals surface area contributed by atoms with Gasteiger partial charge in [0, 0.05) is 24.2 Å². The summed E-state index contributed by atoms with van der Waals surface area (Å²) in [4.78, 5) is 16.4. The average molecular weight is 369 g/mol. The molecular weight excluding hydrogens is 351 g/mol. The quantitative estimate of drug-likeness (QED) is 0.876. The van der Waals surface area contributed by atoms with Crippen molar-refractivity contribution in [1.29, 1.82) is 0 Å². The van der Waals surface area contributed by atoms with Crippen molar-refractivity contribution < 1.29 is 14.3 Å². The highest BCUT2D eigenvalue weighted by Crippen LogP contribution is 2.37. The van der Waals surface area contributed by atoms with Crippen LogP contribution < -0.4 is 10.1 Å². The molecular formula is C17H18Cl2N2O3. The number of nitrogens with zero attached hydrogens (tertiary/aromatic N) is 1. The van der Waals surface area contributed by atoms with Gasteiger partial charge in [-0.25, -0.2) is 4.98 Å². The van der Waals surface area contributed by atoms with Crippen molar-refractivity contribution in [3.05, 3.63) is 33.9 Å². The molecule has 7 heteroatoms. The maximum Gasteiger partial charge on any atom is 0.258 e. The highest BCUT2D eigenvalue weighted by atomic mass is 35.5. The SMILES string of the molecule is Cc1ccc2c(Cl)cc(Cl)c(OCC(=O)NC[C@@H]3CCCO3)c2n1. The van der Waals surface area contributed by atoms with E-state index in [9.17, 15) is 4.79 Å². The zero-order valence-corrected chi connectivity index (χ0v) is 14.8. The summed E-state index contributed by atoms with van der Waals surface area (Å²) in [7, 11) is 0. The second-order valence-electron chi connectivity index (χ2n) is 5.75. The van der Waals surface area contributed by atoms with E-state index >= 15 is 0 Å². The number of hydrogen-bond donors (Lipinski definition) is 1. The Morgan fingerprint density at radius 3 is 3.00 bits per heavy atom. The number of nitrogens with one attached hydrogen (secondary N) is 1. The molecule has 3 rings (SSSR count). The molecule has 1 N–H and O–H groups in total. The molecule has 1 aromatic carbocycles. The third-order valence-electron chi connectivity index (χ3n) is 3.88. The van der Waals surface area contributed by atoms with Gasteiger partial charge >= 0.3 is 0 Å². The van der Waals surface area contributed by atoms with E-state index in [4.69, 9.17) is 32.7 Å². The number of halogens is 2. The zero-order chi connectivity index (χ0) is 17.1. The van der Waals surface area contributed by atoms with Crippen LogP contribution in [0.2, 0.25) is 10.0 Å². The molecule has 0 saturated carbocycles. The molecule has 0 unspecified atom stereocenters. The van der Waals surface area contributed by atoms with Gasteiger partial charge in [-0.3, -0.25) is 4.79 Å². The van der Waals surface area contributed by atoms with Crippen LogP contribution in [0.25, 0.3) is 10.9 Å². The number of benzene rings is 1. The highest BCUT2D eigenvalue weighted by Gasteiger charge is 2.17. The lowest BCUT2D eigenvalue weighted by atomic mass is 10.2. The lowest BCUT2D eigenvalue weighted by Crippen LogP contribution is -2.35. The number of pyridine rings is 1. The molecule has 1 aromatic heterocycles. The minimum Gasteiger partial charge on any atom is -0.480 e. The lowest BCUT2D eigenvalue weighted by molar-refractivity contribution is -0.123. The van der Waals surface area contributed by atoms with E-state index in [1.165, 1.54) is 0 Å². The fourth-order valence-electron chi connectivity index (χ4n) is 2.65. The van der Waals surface area contributed by atoms with Gasteiger partial charge in [0.15, 0.2) is 12.4 Å². The van der Waals surface area contributed by atoms with Gasteiger partial charge in [-0.05, 0) is 38.0 Å². The molecule has 2 aromatic rings. The molecule has 0 bridgehead atoms. The second-order valence-corrected chi connectivity index (χ2v) is 6.56. The zero-order valence-electron chi connectivity index (χ0n) is 13.3. The average Bonchev–Trinajstić information content (AvgIpc) is 3.05. The van der Waals surface area contributed by atoms with Gasteiger partial charge in [0.25, 0.3) is 5.91 Å². The van der Waals surface area contributed by atoms with E-state index in [1.807, 2.05) is 19.1 Å². The van der Waals surface area contributed by atoms with Crippen LogP contribution in [0.15, 0.2) is 18.2 Å². The van der Waals surface area contributed by atoms with Crippen molar-refractivity contribution in [2.75, 3.05) is 19.8 Å². The smallest absolute Gasteiger partial charge is 0.258 e. The summed E-state index contributed by atoms with van der Waals surface area (Å²) in [6, 6.07) is 5.32. The number of carbonyl (C=O) groups excluding carboxylic acids is 1. The molecule has 1 aliphatic heterocycles. The largest absolute Gasteiger partial charge is 0.480 e. The van der Waals surface area contributed by atoms with Crippen LogP contribution in [-0.2, 0) is 9.53 Å². The number of aryl methyl sites for hydroxylation is 1. The first-order valence-electron chi connectivity index (χ1n) is 7.81. The molecule has 1 atom stereocenters. The van der Waals surface area contributed by atoms with Crippen molar-refractivity contribution in [2.45, 2.75) is 25.9 Å². The van der Waals surface area contributed by atoms with Gasteiger partial charge in [0.05, 0.1) is 16.1 Å². The van der Waals surface area contributed by atoms with Gasteiger partial charge in [-0.2, -0.15) is 0 Å². The predicted molar refractivity (Wildman–Crippen MR) is 94.0 cm³/mol. The topological polar surface area (TPSA) is 60.5 Å². The Labute approximate surface area is 150 Å². The summed E-state index contributed by atoms with van der Waals surface area (Å²) in [6.07, 6.45) is 2.10. The first kappa shape index (κ1) is 17.3. The maximum atomic E-state index is 12.0. The number of amides is 1. The van der Waals surface area contributed by atoms with Crippen LogP contribution in [-0.4, -0.2) is 36.8 Å². The van der Waals surface area contributed by atoms with E-state index in [2.05, 4.69) is 10.3 Å². The Kier molecular flexibility index (Phi) is 5.43.